The minimum absolute atomic E-state index is 0.103. The van der Waals surface area contributed by atoms with E-state index >= 15 is 0 Å². The molecule has 1 saturated heterocycles. The van der Waals surface area contributed by atoms with Gasteiger partial charge in [-0.3, -0.25) is 19.1 Å². The minimum Gasteiger partial charge on any atom is -0.444 e. The maximum Gasteiger partial charge on any atom is 0.408 e. The van der Waals surface area contributed by atoms with Crippen molar-refractivity contribution in [3.05, 3.63) is 66.2 Å². The Morgan fingerprint density at radius 3 is 2.32 bits per heavy atom. The Balaban J connectivity index is 1.30. The number of benzene rings is 2. The fourth-order valence-corrected chi connectivity index (χ4v) is 9.26. The van der Waals surface area contributed by atoms with Crippen LogP contribution in [0, 0.1) is 11.3 Å². The Bertz CT molecular complexity index is 2250. The van der Waals surface area contributed by atoms with Crippen molar-refractivity contribution in [2.75, 3.05) is 6.54 Å². The van der Waals surface area contributed by atoms with Gasteiger partial charge in [0.15, 0.2) is 0 Å². The number of ether oxygens (including phenoxy) is 1. The third-order valence-corrected chi connectivity index (χ3v) is 13.3. The summed E-state index contributed by atoms with van der Waals surface area (Å²) in [4.78, 5) is 59.0. The van der Waals surface area contributed by atoms with E-state index in [1.165, 1.54) is 9.70 Å². The average Bonchev–Trinajstić information content (AvgIpc) is 4.06. The molecule has 1 aromatic heterocycles. The predicted octanol–water partition coefficient (Wildman–Crippen LogP) is 5.62. The Morgan fingerprint density at radius 2 is 1.68 bits per heavy atom. The molecule has 4 amide bonds. The number of carbonyl (C=O) groups excluding carboxylic acids is 4. The number of alkyl carbamates (subject to hydrolysis) is 1. The van der Waals surface area contributed by atoms with Crippen molar-refractivity contribution in [2.45, 2.75) is 121 Å². The van der Waals surface area contributed by atoms with E-state index in [-0.39, 0.29) is 13.0 Å². The van der Waals surface area contributed by atoms with Crippen molar-refractivity contribution in [3.8, 4) is 22.5 Å². The summed E-state index contributed by atoms with van der Waals surface area (Å²) in [5, 5.41) is 14.3. The van der Waals surface area contributed by atoms with Gasteiger partial charge in [0.25, 0.3) is 5.91 Å². The summed E-state index contributed by atoms with van der Waals surface area (Å²) in [6.07, 6.45) is 2.17. The lowest BCUT2D eigenvalue weighted by Crippen LogP contribution is -2.60. The molecule has 14 nitrogen and oxygen atoms in total. The standard InChI is InChI=1S/C42H51F2N7O7S/c1-40(2,3)34-37(53)50-24-28(22-31(50)36(52)46-42(23-30(42)35(43)44)38(54)49-59(56,57)29-18-19-29)51-47-32(26-15-9-6-10-16-26)33(48-51)27-17-12-14-25(21-27)13-8-7-11-20-41(4,5)58-39(55)45-34/h6,8-10,12-17,21,28-31,34-35H,7,11,18-20,22-24H2,1-5H3,(H,45,55)(H,46,52)(H,49,54)/b13-8+/t28?,30-,31-,34+,42-/m0/s1. The van der Waals surface area contributed by atoms with Crippen LogP contribution in [-0.4, -0.2) is 93.6 Å². The predicted molar refractivity (Wildman–Crippen MR) is 215 cm³/mol. The fraction of sp³-hybridized carbons (Fsp3) is 0.524. The van der Waals surface area contributed by atoms with Gasteiger partial charge in [-0.1, -0.05) is 81.5 Å². The quantitative estimate of drug-likeness (QED) is 0.272. The molecule has 2 aliphatic carbocycles. The van der Waals surface area contributed by atoms with Crippen molar-refractivity contribution < 1.29 is 41.1 Å². The molecule has 3 fully saturated rings. The van der Waals surface area contributed by atoms with Crippen LogP contribution in [0.5, 0.6) is 0 Å². The van der Waals surface area contributed by atoms with Crippen molar-refractivity contribution in [1.29, 1.82) is 0 Å². The highest BCUT2D eigenvalue weighted by Crippen LogP contribution is 2.49. The molecule has 4 aliphatic rings. The summed E-state index contributed by atoms with van der Waals surface area (Å²) >= 11 is 0. The molecular formula is C42H51F2N7O7S. The number of hydrogen-bond acceptors (Lipinski definition) is 9. The van der Waals surface area contributed by atoms with Crippen LogP contribution in [0.25, 0.3) is 28.6 Å². The summed E-state index contributed by atoms with van der Waals surface area (Å²) in [5.74, 6) is -4.50. The SMILES string of the molecule is CC1(C)CCC/C=C/c2cccc(c2)-c2nn(nc2-c2ccccc2)C2C[C@@H](C(=O)N[C@@]3(C(=O)NS(=O)(=O)C4CC4)C[C@H]3C(F)F)N(C2)C(=O)[C@H](C(C)(C)C)NC(=O)O1. The molecule has 17 heteroatoms. The van der Waals surface area contributed by atoms with Gasteiger partial charge in [-0.15, -0.1) is 0 Å². The highest BCUT2D eigenvalue weighted by atomic mass is 32.2. The van der Waals surface area contributed by atoms with Crippen LogP contribution < -0.4 is 15.4 Å². The van der Waals surface area contributed by atoms with E-state index in [0.29, 0.717) is 43.5 Å². The number of cyclic esters (lactones) is 1. The number of nitrogens with zero attached hydrogens (tertiary/aromatic N) is 4. The number of aromatic nitrogens is 3. The van der Waals surface area contributed by atoms with E-state index in [0.717, 1.165) is 16.7 Å². The van der Waals surface area contributed by atoms with E-state index in [1.54, 1.807) is 34.6 Å². The number of carbonyl (C=O) groups is 4. The van der Waals surface area contributed by atoms with Crippen LogP contribution in [0.2, 0.25) is 0 Å². The first-order valence-corrected chi connectivity index (χ1v) is 21.6. The Morgan fingerprint density at radius 1 is 1.00 bits per heavy atom. The molecule has 59 heavy (non-hydrogen) atoms. The van der Waals surface area contributed by atoms with Gasteiger partial charge in [0.1, 0.15) is 34.6 Å². The largest absolute Gasteiger partial charge is 0.444 e. The molecule has 0 spiro atoms. The van der Waals surface area contributed by atoms with Crippen LogP contribution in [0.1, 0.15) is 91.2 Å². The second-order valence-corrected chi connectivity index (χ2v) is 19.7. The number of amides is 4. The van der Waals surface area contributed by atoms with E-state index in [2.05, 4.69) is 16.7 Å². The maximum atomic E-state index is 14.8. The first-order valence-electron chi connectivity index (χ1n) is 20.0. The molecule has 5 atom stereocenters. The molecule has 1 unspecified atom stereocenters. The van der Waals surface area contributed by atoms with Gasteiger partial charge in [-0.25, -0.2) is 22.0 Å². The summed E-state index contributed by atoms with van der Waals surface area (Å²) in [6, 6.07) is 13.9. The number of rotatable bonds is 7. The normalized spacial score (nSPS) is 26.7. The van der Waals surface area contributed by atoms with E-state index in [1.807, 2.05) is 65.4 Å². The van der Waals surface area contributed by atoms with E-state index < -0.39 is 92.5 Å². The Labute approximate surface area is 342 Å². The lowest BCUT2D eigenvalue weighted by Gasteiger charge is -2.36. The third-order valence-electron chi connectivity index (χ3n) is 11.5. The lowest BCUT2D eigenvalue weighted by atomic mass is 9.85. The number of hydrogen-bond donors (Lipinski definition) is 3. The van der Waals surface area contributed by atoms with Crippen LogP contribution in [0.15, 0.2) is 60.7 Å². The molecule has 3 N–H and O–H groups in total. The molecular weight excluding hydrogens is 785 g/mol. The van der Waals surface area contributed by atoms with Gasteiger partial charge in [-0.05, 0) is 69.4 Å². The van der Waals surface area contributed by atoms with E-state index in [4.69, 9.17) is 14.9 Å². The van der Waals surface area contributed by atoms with Crippen LogP contribution in [0.3, 0.4) is 0 Å². The van der Waals surface area contributed by atoms with Crippen molar-refractivity contribution in [2.24, 2.45) is 11.3 Å². The molecule has 7 rings (SSSR count). The van der Waals surface area contributed by atoms with Crippen molar-refractivity contribution >= 4 is 39.9 Å². The van der Waals surface area contributed by atoms with Gasteiger partial charge >= 0.3 is 6.09 Å². The van der Waals surface area contributed by atoms with Crippen LogP contribution >= 0.6 is 0 Å². The smallest absolute Gasteiger partial charge is 0.408 e. The Hall–Kier alpha value is -5.19. The molecule has 0 radical (unpaired) electrons. The molecule has 3 heterocycles. The van der Waals surface area contributed by atoms with Crippen molar-refractivity contribution in [3.63, 3.8) is 0 Å². The summed E-state index contributed by atoms with van der Waals surface area (Å²) in [6.45, 7) is 8.66. The number of alkyl halides is 2. The van der Waals surface area contributed by atoms with Gasteiger partial charge in [-0.2, -0.15) is 15.0 Å². The zero-order chi connectivity index (χ0) is 42.5. The molecule has 3 aromatic rings. The number of halogens is 2. The molecule has 2 aromatic carbocycles. The number of fused-ring (bicyclic) bond motifs is 8. The van der Waals surface area contributed by atoms with Crippen LogP contribution in [0.4, 0.5) is 13.6 Å². The average molecular weight is 836 g/mol. The fourth-order valence-electron chi connectivity index (χ4n) is 7.90. The second kappa shape index (κ2) is 15.8. The van der Waals surface area contributed by atoms with Gasteiger partial charge in [0, 0.05) is 24.1 Å². The topological polar surface area (TPSA) is 182 Å². The van der Waals surface area contributed by atoms with Crippen LogP contribution in [-0.2, 0) is 29.1 Å². The summed E-state index contributed by atoms with van der Waals surface area (Å²) in [7, 11) is -4.14. The highest BCUT2D eigenvalue weighted by molar-refractivity contribution is 7.91. The number of allylic oxidation sites excluding steroid dienone is 1. The lowest BCUT2D eigenvalue weighted by molar-refractivity contribution is -0.143. The molecule has 6 bridgehead atoms. The molecule has 316 valence electrons. The second-order valence-electron chi connectivity index (χ2n) is 17.8. The van der Waals surface area contributed by atoms with Gasteiger partial charge in [0.05, 0.1) is 17.2 Å². The first-order chi connectivity index (χ1) is 27.8. The number of sulfonamides is 1. The summed E-state index contributed by atoms with van der Waals surface area (Å²) < 4.78 is 61.8. The summed E-state index contributed by atoms with van der Waals surface area (Å²) in [5.41, 5.74) is -0.465. The minimum atomic E-state index is -4.14. The van der Waals surface area contributed by atoms with Gasteiger partial charge in [0.2, 0.25) is 28.3 Å². The maximum absolute atomic E-state index is 14.8. The monoisotopic (exact) mass is 835 g/mol. The van der Waals surface area contributed by atoms with E-state index in [9.17, 15) is 36.4 Å². The third kappa shape index (κ3) is 9.04. The highest BCUT2D eigenvalue weighted by Gasteiger charge is 2.67. The first kappa shape index (κ1) is 42.0. The Kier molecular flexibility index (Phi) is 11.2. The zero-order valence-electron chi connectivity index (χ0n) is 33.8. The van der Waals surface area contributed by atoms with Gasteiger partial charge < -0.3 is 20.3 Å². The number of nitrogens with one attached hydrogen (secondary N) is 3. The molecule has 2 aliphatic heterocycles. The van der Waals surface area contributed by atoms with Crippen molar-refractivity contribution in [1.82, 2.24) is 35.2 Å². The zero-order valence-corrected chi connectivity index (χ0v) is 34.6. The molecule has 2 saturated carbocycles.